The molecule has 1 aromatic heterocycles. The molecule has 2 aromatic rings. The fourth-order valence-electron chi connectivity index (χ4n) is 4.15. The van der Waals surface area contributed by atoms with Crippen molar-refractivity contribution in [3.8, 4) is 0 Å². The Bertz CT molecular complexity index is 1220. The lowest BCUT2D eigenvalue weighted by atomic mass is 10.00. The normalized spacial score (nSPS) is 16.8. The summed E-state index contributed by atoms with van der Waals surface area (Å²) in [6.45, 7) is 21.3. The molecule has 0 aliphatic carbocycles. The minimum Gasteiger partial charge on any atom is -0.387 e. The Kier molecular flexibility index (Phi) is 9.49. The second kappa shape index (κ2) is 12.8. The highest BCUT2D eigenvalue weighted by atomic mass is 19.1. The number of benzene rings is 1. The van der Waals surface area contributed by atoms with Gasteiger partial charge in [0.15, 0.2) is 5.82 Å². The number of hydrogen-bond acceptors (Lipinski definition) is 5. The Morgan fingerprint density at radius 3 is 2.76 bits per heavy atom. The van der Waals surface area contributed by atoms with Crippen LogP contribution in [0.3, 0.4) is 0 Å². The molecule has 1 aromatic carbocycles. The van der Waals surface area contributed by atoms with Gasteiger partial charge in [-0.05, 0) is 49.0 Å². The van der Waals surface area contributed by atoms with Crippen LogP contribution in [-0.4, -0.2) is 28.3 Å². The van der Waals surface area contributed by atoms with E-state index in [0.29, 0.717) is 17.9 Å². The number of anilines is 1. The van der Waals surface area contributed by atoms with E-state index in [1.54, 1.807) is 6.08 Å². The molecule has 8 heteroatoms. The standard InChI is InChI=1S/C27H31FN6O.C2H6/c1-17(27(35)30-14-21-8-10-22-9-7-18(2)32-25(22)13-21)12-26(34-16-23(28)15-31-34)20(4)33-24-6-5-11-29-19(24)3;1-2/h8,10,12-13,15-16,24,29,32-33H,1-7,9,11,14H2,(H,30,35);1-2H3/b26-12-;. The smallest absolute Gasteiger partial charge is 0.251 e. The lowest BCUT2D eigenvalue weighted by molar-refractivity contribution is -0.117. The maximum absolute atomic E-state index is 13.7. The third kappa shape index (κ3) is 7.22. The summed E-state index contributed by atoms with van der Waals surface area (Å²) in [4.78, 5) is 12.8. The zero-order chi connectivity index (χ0) is 26.9. The lowest BCUT2D eigenvalue weighted by Crippen LogP contribution is -2.40. The molecule has 2 aliphatic heterocycles. The van der Waals surface area contributed by atoms with E-state index in [9.17, 15) is 9.18 Å². The third-order valence-corrected chi connectivity index (χ3v) is 6.14. The summed E-state index contributed by atoms with van der Waals surface area (Å²) in [7, 11) is 0. The molecule has 4 rings (SSSR count). The molecule has 196 valence electrons. The molecular weight excluding hydrogens is 467 g/mol. The van der Waals surface area contributed by atoms with Crippen LogP contribution in [0.2, 0.25) is 0 Å². The zero-order valence-corrected chi connectivity index (χ0v) is 21.8. The summed E-state index contributed by atoms with van der Waals surface area (Å²) in [6.07, 6.45) is 7.62. The first kappa shape index (κ1) is 27.5. The molecule has 2 aliphatic rings. The van der Waals surface area contributed by atoms with Crippen molar-refractivity contribution in [1.82, 2.24) is 25.7 Å². The largest absolute Gasteiger partial charge is 0.387 e. The Morgan fingerprint density at radius 1 is 1.27 bits per heavy atom. The fraction of sp³-hybridized carbons (Fsp3) is 0.310. The number of hydrogen-bond donors (Lipinski definition) is 4. The van der Waals surface area contributed by atoms with E-state index in [1.807, 2.05) is 26.0 Å². The molecule has 1 atom stereocenters. The molecule has 0 saturated carbocycles. The van der Waals surface area contributed by atoms with Crippen molar-refractivity contribution in [2.45, 2.75) is 52.1 Å². The van der Waals surface area contributed by atoms with Gasteiger partial charge in [-0.3, -0.25) is 4.79 Å². The first-order chi connectivity index (χ1) is 17.8. The average Bonchev–Trinajstić information content (AvgIpc) is 3.33. The number of carbonyl (C=O) groups excluding carboxylic acids is 1. The molecule has 3 heterocycles. The predicted octanol–water partition coefficient (Wildman–Crippen LogP) is 5.00. The summed E-state index contributed by atoms with van der Waals surface area (Å²) in [5, 5.41) is 16.8. The third-order valence-electron chi connectivity index (χ3n) is 6.14. The maximum atomic E-state index is 13.7. The molecule has 1 saturated heterocycles. The number of rotatable bonds is 8. The van der Waals surface area contributed by atoms with Crippen LogP contribution in [0, 0.1) is 5.82 Å². The van der Waals surface area contributed by atoms with Crippen LogP contribution >= 0.6 is 0 Å². The molecule has 1 fully saturated rings. The van der Waals surface area contributed by atoms with E-state index in [2.05, 4.69) is 58.7 Å². The Hall–Kier alpha value is -4.07. The molecule has 1 unspecified atom stereocenters. The number of allylic oxidation sites excluding steroid dienone is 2. The summed E-state index contributed by atoms with van der Waals surface area (Å²) in [6, 6.07) is 6.06. The van der Waals surface area contributed by atoms with Crippen molar-refractivity contribution in [3.05, 3.63) is 103 Å². The second-order valence-corrected chi connectivity index (χ2v) is 8.83. The number of piperidine rings is 1. The van der Waals surface area contributed by atoms with Crippen LogP contribution in [-0.2, 0) is 17.8 Å². The van der Waals surface area contributed by atoms with Crippen LogP contribution in [0.1, 0.15) is 44.2 Å². The van der Waals surface area contributed by atoms with E-state index in [1.165, 1.54) is 16.4 Å². The molecular formula is C29H37FN6O. The van der Waals surface area contributed by atoms with Gasteiger partial charge in [0.25, 0.3) is 5.91 Å². The van der Waals surface area contributed by atoms with Crippen LogP contribution in [0.5, 0.6) is 0 Å². The Morgan fingerprint density at radius 2 is 2.05 bits per heavy atom. The summed E-state index contributed by atoms with van der Waals surface area (Å²) in [5.74, 6) is -0.840. The molecule has 4 N–H and O–H groups in total. The number of fused-ring (bicyclic) bond motifs is 1. The number of aryl methyl sites for hydroxylation is 1. The molecule has 37 heavy (non-hydrogen) atoms. The van der Waals surface area contributed by atoms with E-state index < -0.39 is 5.82 Å². The Labute approximate surface area is 218 Å². The first-order valence-electron chi connectivity index (χ1n) is 12.6. The molecule has 0 spiro atoms. The van der Waals surface area contributed by atoms with Gasteiger partial charge in [0.2, 0.25) is 0 Å². The topological polar surface area (TPSA) is 83.0 Å². The minimum atomic E-state index is -0.494. The number of aromatic nitrogens is 2. The average molecular weight is 505 g/mol. The van der Waals surface area contributed by atoms with Crippen LogP contribution in [0.4, 0.5) is 10.1 Å². The SMILES string of the molecule is C=C1CCc2ccc(CNC(=O)C(=C)/C=C(/C(=C)NC3CCCNC3=C)n3cc(F)cn3)cc2N1.CC. The minimum absolute atomic E-state index is 0.0316. The van der Waals surface area contributed by atoms with Gasteiger partial charge >= 0.3 is 0 Å². The van der Waals surface area contributed by atoms with Crippen molar-refractivity contribution >= 4 is 17.3 Å². The number of nitrogens with one attached hydrogen (secondary N) is 4. The zero-order valence-electron chi connectivity index (χ0n) is 21.8. The summed E-state index contributed by atoms with van der Waals surface area (Å²) < 4.78 is 15.1. The monoisotopic (exact) mass is 504 g/mol. The predicted molar refractivity (Wildman–Crippen MR) is 149 cm³/mol. The van der Waals surface area contributed by atoms with Gasteiger partial charge in [0, 0.05) is 35.7 Å². The lowest BCUT2D eigenvalue weighted by Gasteiger charge is -2.29. The molecule has 0 radical (unpaired) electrons. The highest BCUT2D eigenvalue weighted by molar-refractivity contribution is 5.97. The van der Waals surface area contributed by atoms with Gasteiger partial charge in [-0.15, -0.1) is 0 Å². The number of halogens is 1. The maximum Gasteiger partial charge on any atom is 0.251 e. The molecule has 7 nitrogen and oxygen atoms in total. The highest BCUT2D eigenvalue weighted by Gasteiger charge is 2.20. The van der Waals surface area contributed by atoms with Crippen molar-refractivity contribution in [1.29, 1.82) is 0 Å². The van der Waals surface area contributed by atoms with Crippen molar-refractivity contribution in [3.63, 3.8) is 0 Å². The summed E-state index contributed by atoms with van der Waals surface area (Å²) >= 11 is 0. The number of nitrogens with zero attached hydrogens (tertiary/aromatic N) is 2. The van der Waals surface area contributed by atoms with Crippen molar-refractivity contribution in [2.24, 2.45) is 0 Å². The second-order valence-electron chi connectivity index (χ2n) is 8.83. The van der Waals surface area contributed by atoms with E-state index in [4.69, 9.17) is 0 Å². The van der Waals surface area contributed by atoms with Gasteiger partial charge < -0.3 is 21.3 Å². The van der Waals surface area contributed by atoms with Gasteiger partial charge in [-0.25, -0.2) is 9.07 Å². The van der Waals surface area contributed by atoms with Gasteiger partial charge in [-0.1, -0.05) is 52.3 Å². The van der Waals surface area contributed by atoms with Crippen molar-refractivity contribution < 1.29 is 9.18 Å². The van der Waals surface area contributed by atoms with Crippen LogP contribution < -0.4 is 21.3 Å². The van der Waals surface area contributed by atoms with Crippen LogP contribution in [0.15, 0.2) is 85.6 Å². The van der Waals surface area contributed by atoms with Gasteiger partial charge in [-0.2, -0.15) is 5.10 Å². The highest BCUT2D eigenvalue weighted by Crippen LogP contribution is 2.27. The number of amides is 1. The van der Waals surface area contributed by atoms with Crippen LogP contribution in [0.25, 0.3) is 5.70 Å². The molecule has 0 bridgehead atoms. The van der Waals surface area contributed by atoms with Gasteiger partial charge in [0.1, 0.15) is 0 Å². The fourth-order valence-corrected chi connectivity index (χ4v) is 4.15. The van der Waals surface area contributed by atoms with E-state index >= 15 is 0 Å². The number of carbonyl (C=O) groups is 1. The molecule has 1 amide bonds. The Balaban J connectivity index is 0.00000186. The van der Waals surface area contributed by atoms with E-state index in [0.717, 1.165) is 61.1 Å². The van der Waals surface area contributed by atoms with E-state index in [-0.39, 0.29) is 17.5 Å². The quantitative estimate of drug-likeness (QED) is 0.300. The van der Waals surface area contributed by atoms with Crippen molar-refractivity contribution in [2.75, 3.05) is 11.9 Å². The van der Waals surface area contributed by atoms with Gasteiger partial charge in [0.05, 0.1) is 29.8 Å². The first-order valence-corrected chi connectivity index (χ1v) is 12.6. The summed E-state index contributed by atoms with van der Waals surface area (Å²) in [5.41, 5.74) is 6.17.